The molecule has 1 fully saturated rings. The van der Waals surface area contributed by atoms with Gasteiger partial charge in [0.25, 0.3) is 0 Å². The molecule has 4 heterocycles. The highest BCUT2D eigenvalue weighted by atomic mass is 16.5. The number of hydrogen-bond donors (Lipinski definition) is 0. The topological polar surface area (TPSA) is 91.1 Å². The largest absolute Gasteiger partial charge is 0.481 e. The highest BCUT2D eigenvalue weighted by molar-refractivity contribution is 5.75. The molecule has 37 heavy (non-hydrogen) atoms. The van der Waals surface area contributed by atoms with Gasteiger partial charge in [-0.3, -0.25) is 0 Å². The summed E-state index contributed by atoms with van der Waals surface area (Å²) in [6.45, 7) is 10.5. The third kappa shape index (κ3) is 5.35. The molecule has 0 amide bonds. The SMILES string of the molecule is COc1cc(OC2CCN(c3nc(Cc4cc(C(C)(C)C)ccc4C)c4c(ncn4C)n3)CC2)ncn1. The molecule has 1 aliphatic heterocycles. The van der Waals surface area contributed by atoms with Crippen molar-refractivity contribution in [3.8, 4) is 11.8 Å². The van der Waals surface area contributed by atoms with Crippen molar-refractivity contribution in [2.24, 2.45) is 7.05 Å². The Morgan fingerprint density at radius 3 is 2.49 bits per heavy atom. The fraction of sp³-hybridized carbons (Fsp3) is 0.464. The highest BCUT2D eigenvalue weighted by Gasteiger charge is 2.25. The number of rotatable bonds is 6. The molecule has 0 N–H and O–H groups in total. The number of piperidine rings is 1. The molecule has 1 saturated heterocycles. The first-order valence-corrected chi connectivity index (χ1v) is 12.8. The molecular formula is C28H35N7O2. The van der Waals surface area contributed by atoms with E-state index >= 15 is 0 Å². The third-order valence-electron chi connectivity index (χ3n) is 7.04. The van der Waals surface area contributed by atoms with Crippen molar-refractivity contribution in [1.82, 2.24) is 29.5 Å². The van der Waals surface area contributed by atoms with Crippen molar-refractivity contribution >= 4 is 17.1 Å². The lowest BCUT2D eigenvalue weighted by molar-refractivity contribution is 0.162. The predicted molar refractivity (Wildman–Crippen MR) is 143 cm³/mol. The van der Waals surface area contributed by atoms with Gasteiger partial charge in [0.05, 0.1) is 25.2 Å². The predicted octanol–water partition coefficient (Wildman–Crippen LogP) is 4.41. The van der Waals surface area contributed by atoms with E-state index < -0.39 is 0 Å². The van der Waals surface area contributed by atoms with Crippen LogP contribution in [0.1, 0.15) is 56.0 Å². The molecule has 0 bridgehead atoms. The molecule has 0 spiro atoms. The van der Waals surface area contributed by atoms with Gasteiger partial charge in [0.1, 0.15) is 17.9 Å². The Hall–Kier alpha value is -3.75. The molecular weight excluding hydrogens is 466 g/mol. The molecule has 9 heteroatoms. The molecule has 5 rings (SSSR count). The van der Waals surface area contributed by atoms with E-state index in [-0.39, 0.29) is 11.5 Å². The number of aromatic nitrogens is 6. The lowest BCUT2D eigenvalue weighted by Crippen LogP contribution is -2.39. The van der Waals surface area contributed by atoms with Crippen LogP contribution in [0.2, 0.25) is 0 Å². The second-order valence-electron chi connectivity index (χ2n) is 10.8. The van der Waals surface area contributed by atoms with Crippen molar-refractivity contribution in [3.63, 3.8) is 0 Å². The molecule has 1 aliphatic rings. The first-order chi connectivity index (χ1) is 17.7. The van der Waals surface area contributed by atoms with Crippen LogP contribution in [0, 0.1) is 6.92 Å². The van der Waals surface area contributed by atoms with Crippen LogP contribution in [0.3, 0.4) is 0 Å². The molecule has 4 aromatic rings. The van der Waals surface area contributed by atoms with Crippen LogP contribution < -0.4 is 14.4 Å². The van der Waals surface area contributed by atoms with Gasteiger partial charge in [0.2, 0.25) is 17.7 Å². The standard InChI is InChI=1S/C28H35N7O2/c1-18-7-8-20(28(2,3)4)13-19(18)14-22-25-26(31-17-34(25)5)33-27(32-22)35-11-9-21(10-12-35)37-24-15-23(36-6)29-16-30-24/h7-8,13,15-17,21H,9-12,14H2,1-6H3. The van der Waals surface area contributed by atoms with E-state index in [1.165, 1.54) is 23.0 Å². The van der Waals surface area contributed by atoms with Crippen LogP contribution in [-0.2, 0) is 18.9 Å². The maximum absolute atomic E-state index is 6.10. The van der Waals surface area contributed by atoms with Crippen molar-refractivity contribution in [2.75, 3.05) is 25.1 Å². The number of methoxy groups -OCH3 is 1. The Morgan fingerprint density at radius 1 is 1.00 bits per heavy atom. The summed E-state index contributed by atoms with van der Waals surface area (Å²) in [4.78, 5) is 25.0. The minimum Gasteiger partial charge on any atom is -0.481 e. The molecule has 0 saturated carbocycles. The number of anilines is 1. The van der Waals surface area contributed by atoms with Gasteiger partial charge in [0, 0.05) is 39.4 Å². The molecule has 1 aromatic carbocycles. The van der Waals surface area contributed by atoms with Crippen LogP contribution in [-0.4, -0.2) is 55.8 Å². The Morgan fingerprint density at radius 2 is 1.76 bits per heavy atom. The molecule has 9 nitrogen and oxygen atoms in total. The first kappa shape index (κ1) is 24.9. The summed E-state index contributed by atoms with van der Waals surface area (Å²) in [6, 6.07) is 8.49. The second kappa shape index (κ2) is 9.95. The number of ether oxygens (including phenoxy) is 2. The van der Waals surface area contributed by atoms with Crippen molar-refractivity contribution in [3.05, 3.63) is 59.3 Å². The van der Waals surface area contributed by atoms with Gasteiger partial charge < -0.3 is 18.9 Å². The Labute approximate surface area is 217 Å². The van der Waals surface area contributed by atoms with Gasteiger partial charge in [-0.05, 0) is 29.0 Å². The zero-order valence-electron chi connectivity index (χ0n) is 22.5. The van der Waals surface area contributed by atoms with Gasteiger partial charge in [-0.25, -0.2) is 19.9 Å². The van der Waals surface area contributed by atoms with Gasteiger partial charge >= 0.3 is 0 Å². The fourth-order valence-electron chi connectivity index (χ4n) is 4.74. The normalized spacial score (nSPS) is 14.8. The van der Waals surface area contributed by atoms with E-state index in [0.717, 1.165) is 55.2 Å². The van der Waals surface area contributed by atoms with Crippen LogP contribution >= 0.6 is 0 Å². The molecule has 0 atom stereocenters. The number of imidazole rings is 1. The van der Waals surface area contributed by atoms with Gasteiger partial charge in [-0.2, -0.15) is 4.98 Å². The molecule has 0 unspecified atom stereocenters. The summed E-state index contributed by atoms with van der Waals surface area (Å²) in [5.74, 6) is 1.76. The highest BCUT2D eigenvalue weighted by Crippen LogP contribution is 2.28. The number of benzene rings is 1. The van der Waals surface area contributed by atoms with Crippen LogP contribution in [0.15, 0.2) is 36.9 Å². The maximum Gasteiger partial charge on any atom is 0.227 e. The fourth-order valence-corrected chi connectivity index (χ4v) is 4.74. The van der Waals surface area contributed by atoms with Crippen LogP contribution in [0.5, 0.6) is 11.8 Å². The Bertz CT molecular complexity index is 1400. The summed E-state index contributed by atoms with van der Waals surface area (Å²) in [5.41, 5.74) is 6.69. The van der Waals surface area contributed by atoms with Gasteiger partial charge in [0.15, 0.2) is 5.65 Å². The Balaban J connectivity index is 1.37. The van der Waals surface area contributed by atoms with Crippen molar-refractivity contribution < 1.29 is 9.47 Å². The van der Waals surface area contributed by atoms with E-state index in [4.69, 9.17) is 19.4 Å². The molecule has 3 aromatic heterocycles. The quantitative estimate of drug-likeness (QED) is 0.384. The zero-order valence-corrected chi connectivity index (χ0v) is 22.5. The lowest BCUT2D eigenvalue weighted by atomic mass is 9.84. The number of aryl methyl sites for hydroxylation is 2. The molecule has 0 aliphatic carbocycles. The summed E-state index contributed by atoms with van der Waals surface area (Å²) in [5, 5.41) is 0. The third-order valence-corrected chi connectivity index (χ3v) is 7.04. The number of nitrogens with zero attached hydrogens (tertiary/aromatic N) is 7. The zero-order chi connectivity index (χ0) is 26.2. The van der Waals surface area contributed by atoms with Crippen LogP contribution in [0.25, 0.3) is 11.2 Å². The van der Waals surface area contributed by atoms with E-state index in [1.807, 2.05) is 17.9 Å². The minimum absolute atomic E-state index is 0.0664. The lowest BCUT2D eigenvalue weighted by Gasteiger charge is -2.32. The van der Waals surface area contributed by atoms with Crippen molar-refractivity contribution in [1.29, 1.82) is 0 Å². The number of fused-ring (bicyclic) bond motifs is 1. The van der Waals surface area contributed by atoms with E-state index in [0.29, 0.717) is 11.8 Å². The summed E-state index contributed by atoms with van der Waals surface area (Å²) in [7, 11) is 3.59. The van der Waals surface area contributed by atoms with E-state index in [1.54, 1.807) is 13.2 Å². The average molecular weight is 502 g/mol. The van der Waals surface area contributed by atoms with Crippen LogP contribution in [0.4, 0.5) is 5.95 Å². The monoisotopic (exact) mass is 501 g/mol. The minimum atomic E-state index is 0.0664. The van der Waals surface area contributed by atoms with Crippen molar-refractivity contribution in [2.45, 2.75) is 58.5 Å². The van der Waals surface area contributed by atoms with E-state index in [2.05, 4.69) is 65.7 Å². The average Bonchev–Trinajstić information content (AvgIpc) is 3.26. The Kier molecular flexibility index (Phi) is 6.70. The van der Waals surface area contributed by atoms with Gasteiger partial charge in [-0.15, -0.1) is 0 Å². The molecule has 194 valence electrons. The second-order valence-corrected chi connectivity index (χ2v) is 10.8. The maximum atomic E-state index is 6.10. The smallest absolute Gasteiger partial charge is 0.227 e. The van der Waals surface area contributed by atoms with Gasteiger partial charge in [-0.1, -0.05) is 39.0 Å². The summed E-state index contributed by atoms with van der Waals surface area (Å²) in [6.07, 6.45) is 5.77. The summed E-state index contributed by atoms with van der Waals surface area (Å²) >= 11 is 0. The first-order valence-electron chi connectivity index (χ1n) is 12.8. The van der Waals surface area contributed by atoms with E-state index in [9.17, 15) is 0 Å². The number of hydrogen-bond acceptors (Lipinski definition) is 8. The molecule has 0 radical (unpaired) electrons. The summed E-state index contributed by atoms with van der Waals surface area (Å²) < 4.78 is 13.3.